The fourth-order valence-electron chi connectivity index (χ4n) is 3.87. The number of rotatable bonds is 8. The first-order chi connectivity index (χ1) is 17.0. The summed E-state index contributed by atoms with van der Waals surface area (Å²) in [7, 11) is 1.96. The summed E-state index contributed by atoms with van der Waals surface area (Å²) in [5.41, 5.74) is 9.59. The van der Waals surface area contributed by atoms with Gasteiger partial charge in [-0.2, -0.15) is 0 Å². The first kappa shape index (κ1) is 22.6. The van der Waals surface area contributed by atoms with Crippen LogP contribution in [0.25, 0.3) is 11.0 Å². The highest BCUT2D eigenvalue weighted by Gasteiger charge is 2.20. The number of nitrogens with one attached hydrogen (secondary N) is 2. The molecule has 0 aliphatic carbocycles. The quantitative estimate of drug-likeness (QED) is 0.259. The molecule has 10 heteroatoms. The van der Waals surface area contributed by atoms with Crippen LogP contribution in [0.3, 0.4) is 0 Å². The molecule has 1 atom stereocenters. The van der Waals surface area contributed by atoms with Crippen molar-refractivity contribution >= 4 is 44.5 Å². The molecule has 176 valence electrons. The fraction of sp³-hybridized carbons (Fsp3) is 0.120. The van der Waals surface area contributed by atoms with Gasteiger partial charge in [-0.1, -0.05) is 15.9 Å². The fourth-order valence-corrected chi connectivity index (χ4v) is 4.13. The van der Waals surface area contributed by atoms with E-state index in [1.165, 1.54) is 0 Å². The number of amides is 1. The van der Waals surface area contributed by atoms with Crippen LogP contribution in [0.2, 0.25) is 0 Å². The standard InChI is InChI=1S/C25H22BrN7O2/c1-33-23-7-6-17(11-21(23)32-25(33)31-16-4-2-15(26)3-5-16)35-18-8-9-29-20(10-18)19(12-24(27)34)22-13-28-14-30-22/h2-11,13-14,19H,12H2,1H3,(H2,27,34)(H,28,30)(H,31,32). The minimum absolute atomic E-state index is 0.104. The predicted molar refractivity (Wildman–Crippen MR) is 137 cm³/mol. The van der Waals surface area contributed by atoms with Crippen LogP contribution in [0.5, 0.6) is 11.5 Å². The Bertz CT molecular complexity index is 1480. The lowest BCUT2D eigenvalue weighted by Gasteiger charge is -2.14. The molecule has 1 unspecified atom stereocenters. The molecule has 0 fully saturated rings. The Labute approximate surface area is 209 Å². The van der Waals surface area contributed by atoms with Crippen molar-refractivity contribution in [2.75, 3.05) is 5.32 Å². The Kier molecular flexibility index (Phi) is 6.19. The average Bonchev–Trinajstić information content (AvgIpc) is 3.48. The zero-order valence-electron chi connectivity index (χ0n) is 18.8. The number of carbonyl (C=O) groups excluding carboxylic acids is 1. The van der Waals surface area contributed by atoms with Crippen LogP contribution in [0.1, 0.15) is 23.7 Å². The molecule has 5 aromatic rings. The molecule has 0 radical (unpaired) electrons. The van der Waals surface area contributed by atoms with E-state index < -0.39 is 5.91 Å². The molecule has 2 aromatic carbocycles. The monoisotopic (exact) mass is 531 g/mol. The number of aryl methyl sites for hydroxylation is 1. The van der Waals surface area contributed by atoms with Gasteiger partial charge in [0.15, 0.2) is 0 Å². The summed E-state index contributed by atoms with van der Waals surface area (Å²) < 4.78 is 9.13. The summed E-state index contributed by atoms with van der Waals surface area (Å²) >= 11 is 3.45. The van der Waals surface area contributed by atoms with Crippen molar-refractivity contribution in [1.82, 2.24) is 24.5 Å². The largest absolute Gasteiger partial charge is 0.457 e. The molecular formula is C25H22BrN7O2. The Balaban J connectivity index is 1.39. The first-order valence-electron chi connectivity index (χ1n) is 10.9. The number of imidazole rings is 2. The van der Waals surface area contributed by atoms with E-state index in [0.717, 1.165) is 32.8 Å². The third kappa shape index (κ3) is 5.02. The van der Waals surface area contributed by atoms with E-state index in [-0.39, 0.29) is 12.3 Å². The van der Waals surface area contributed by atoms with Crippen LogP contribution in [0.15, 0.2) is 77.8 Å². The molecule has 3 aromatic heterocycles. The van der Waals surface area contributed by atoms with Gasteiger partial charge < -0.3 is 25.3 Å². The van der Waals surface area contributed by atoms with Gasteiger partial charge in [0.1, 0.15) is 11.5 Å². The maximum Gasteiger partial charge on any atom is 0.218 e. The number of aromatic amines is 1. The highest BCUT2D eigenvalue weighted by atomic mass is 79.9. The SMILES string of the molecule is Cn1c(Nc2ccc(Br)cc2)nc2cc(Oc3ccnc(C(CC(N)=O)c4cnc[nH]4)c3)ccc21. The van der Waals surface area contributed by atoms with Gasteiger partial charge in [0, 0.05) is 53.8 Å². The lowest BCUT2D eigenvalue weighted by Crippen LogP contribution is -2.17. The number of hydrogen-bond acceptors (Lipinski definition) is 6. The van der Waals surface area contributed by atoms with E-state index in [9.17, 15) is 4.79 Å². The second kappa shape index (κ2) is 9.59. The van der Waals surface area contributed by atoms with Gasteiger partial charge in [0.2, 0.25) is 11.9 Å². The van der Waals surface area contributed by atoms with Gasteiger partial charge in [-0.05, 0) is 42.5 Å². The van der Waals surface area contributed by atoms with E-state index in [4.69, 9.17) is 15.5 Å². The number of H-pyrrole nitrogens is 1. The molecule has 0 aliphatic heterocycles. The highest BCUT2D eigenvalue weighted by Crippen LogP contribution is 2.31. The predicted octanol–water partition coefficient (Wildman–Crippen LogP) is 5.00. The number of carbonyl (C=O) groups is 1. The molecular weight excluding hydrogens is 510 g/mol. The summed E-state index contributed by atoms with van der Waals surface area (Å²) in [5.74, 6) is 1.18. The van der Waals surface area contributed by atoms with E-state index in [1.54, 1.807) is 30.9 Å². The van der Waals surface area contributed by atoms with Crippen LogP contribution in [0, 0.1) is 0 Å². The molecule has 1 amide bonds. The number of halogens is 1. The number of ether oxygens (including phenoxy) is 1. The molecule has 4 N–H and O–H groups in total. The van der Waals surface area contributed by atoms with Crippen molar-refractivity contribution in [1.29, 1.82) is 0 Å². The molecule has 0 saturated heterocycles. The number of aromatic nitrogens is 5. The lowest BCUT2D eigenvalue weighted by atomic mass is 9.97. The molecule has 5 rings (SSSR count). The average molecular weight is 532 g/mol. The first-order valence-corrected chi connectivity index (χ1v) is 11.6. The topological polar surface area (TPSA) is 124 Å². The summed E-state index contributed by atoms with van der Waals surface area (Å²) in [5, 5.41) is 3.34. The van der Waals surface area contributed by atoms with Crippen molar-refractivity contribution in [3.05, 3.63) is 89.2 Å². The molecule has 0 aliphatic rings. The molecule has 0 saturated carbocycles. The van der Waals surface area contributed by atoms with Crippen molar-refractivity contribution in [3.63, 3.8) is 0 Å². The van der Waals surface area contributed by atoms with E-state index in [0.29, 0.717) is 17.2 Å². The molecule has 9 nitrogen and oxygen atoms in total. The van der Waals surface area contributed by atoms with Crippen LogP contribution in [0.4, 0.5) is 11.6 Å². The number of anilines is 2. The lowest BCUT2D eigenvalue weighted by molar-refractivity contribution is -0.118. The van der Waals surface area contributed by atoms with E-state index in [1.807, 2.05) is 54.1 Å². The van der Waals surface area contributed by atoms with Gasteiger partial charge in [0.05, 0.1) is 29.0 Å². The minimum Gasteiger partial charge on any atom is -0.457 e. The molecule has 0 spiro atoms. The second-order valence-corrected chi connectivity index (χ2v) is 8.94. The molecule has 3 heterocycles. The minimum atomic E-state index is -0.425. The zero-order chi connectivity index (χ0) is 24.4. The summed E-state index contributed by atoms with van der Waals surface area (Å²) in [6.45, 7) is 0. The maximum atomic E-state index is 11.7. The van der Waals surface area contributed by atoms with Gasteiger partial charge in [-0.15, -0.1) is 0 Å². The van der Waals surface area contributed by atoms with Crippen molar-refractivity contribution in [2.24, 2.45) is 12.8 Å². The second-order valence-electron chi connectivity index (χ2n) is 8.03. The molecule has 35 heavy (non-hydrogen) atoms. The number of primary amides is 1. The van der Waals surface area contributed by atoms with Crippen LogP contribution >= 0.6 is 15.9 Å². The van der Waals surface area contributed by atoms with Crippen LogP contribution in [-0.4, -0.2) is 30.4 Å². The van der Waals surface area contributed by atoms with Gasteiger partial charge in [-0.3, -0.25) is 9.78 Å². The summed E-state index contributed by atoms with van der Waals surface area (Å²) in [6, 6.07) is 17.2. The zero-order valence-corrected chi connectivity index (χ0v) is 20.4. The number of pyridine rings is 1. The summed E-state index contributed by atoms with van der Waals surface area (Å²) in [4.78, 5) is 27.9. The third-order valence-corrected chi connectivity index (χ3v) is 6.13. The number of hydrogen-bond donors (Lipinski definition) is 3. The van der Waals surface area contributed by atoms with Crippen LogP contribution < -0.4 is 15.8 Å². The number of nitrogens with zero attached hydrogens (tertiary/aromatic N) is 4. The Hall–Kier alpha value is -4.18. The van der Waals surface area contributed by atoms with Gasteiger partial charge in [0.25, 0.3) is 0 Å². The van der Waals surface area contributed by atoms with Crippen LogP contribution in [-0.2, 0) is 11.8 Å². The van der Waals surface area contributed by atoms with Crippen molar-refractivity contribution in [2.45, 2.75) is 12.3 Å². The van der Waals surface area contributed by atoms with Gasteiger partial charge >= 0.3 is 0 Å². The summed E-state index contributed by atoms with van der Waals surface area (Å²) in [6.07, 6.45) is 4.98. The third-order valence-electron chi connectivity index (χ3n) is 5.60. The van der Waals surface area contributed by atoms with E-state index in [2.05, 4.69) is 36.2 Å². The highest BCUT2D eigenvalue weighted by molar-refractivity contribution is 9.10. The van der Waals surface area contributed by atoms with Crippen molar-refractivity contribution in [3.8, 4) is 11.5 Å². The Morgan fingerprint density at radius 3 is 2.71 bits per heavy atom. The number of benzene rings is 2. The normalized spacial score (nSPS) is 11.9. The Morgan fingerprint density at radius 2 is 1.97 bits per heavy atom. The smallest absolute Gasteiger partial charge is 0.218 e. The Morgan fingerprint density at radius 1 is 1.17 bits per heavy atom. The van der Waals surface area contributed by atoms with Gasteiger partial charge in [-0.25, -0.2) is 9.97 Å². The number of fused-ring (bicyclic) bond motifs is 1. The van der Waals surface area contributed by atoms with Crippen molar-refractivity contribution < 1.29 is 9.53 Å². The maximum absolute atomic E-state index is 11.7. The van der Waals surface area contributed by atoms with E-state index >= 15 is 0 Å². The molecule has 0 bridgehead atoms. The number of nitrogens with two attached hydrogens (primary N) is 1.